The topological polar surface area (TPSA) is 35.6 Å². The van der Waals surface area contributed by atoms with Crippen LogP contribution in [0.25, 0.3) is 0 Å². The Balaban J connectivity index is 1.51. The first-order chi connectivity index (χ1) is 11.1. The van der Waals surface area contributed by atoms with Gasteiger partial charge in [-0.05, 0) is 50.4 Å². The van der Waals surface area contributed by atoms with E-state index in [0.29, 0.717) is 19.0 Å². The zero-order valence-corrected chi connectivity index (χ0v) is 13.2. The molecule has 2 aliphatic heterocycles. The molecule has 3 rings (SSSR count). The second-order valence-corrected chi connectivity index (χ2v) is 6.52. The number of anilines is 1. The fourth-order valence-corrected chi connectivity index (χ4v) is 3.46. The smallest absolute Gasteiger partial charge is 0.321 e. The summed E-state index contributed by atoms with van der Waals surface area (Å²) < 4.78 is 26.8. The molecule has 0 saturated carbocycles. The third-order valence-corrected chi connectivity index (χ3v) is 4.71. The van der Waals surface area contributed by atoms with Crippen LogP contribution in [0.1, 0.15) is 25.7 Å². The summed E-state index contributed by atoms with van der Waals surface area (Å²) in [7, 11) is 0. The lowest BCUT2D eigenvalue weighted by molar-refractivity contribution is 0.192. The Labute approximate surface area is 135 Å². The van der Waals surface area contributed by atoms with Gasteiger partial charge in [0, 0.05) is 25.7 Å². The van der Waals surface area contributed by atoms with Crippen molar-refractivity contribution in [2.24, 2.45) is 5.92 Å². The van der Waals surface area contributed by atoms with Crippen LogP contribution in [0.3, 0.4) is 0 Å². The molecule has 2 heterocycles. The number of nitrogens with zero attached hydrogens (tertiary/aromatic N) is 2. The summed E-state index contributed by atoms with van der Waals surface area (Å²) in [6.45, 7) is 4.67. The quantitative estimate of drug-likeness (QED) is 0.926. The molecule has 0 radical (unpaired) electrons. The average molecular weight is 323 g/mol. The summed E-state index contributed by atoms with van der Waals surface area (Å²) in [5, 5.41) is 2.48. The molecule has 126 valence electrons. The molecular formula is C17H23F2N3O. The molecule has 4 nitrogen and oxygen atoms in total. The van der Waals surface area contributed by atoms with Crippen molar-refractivity contribution in [3.8, 4) is 0 Å². The standard InChI is InChI=1S/C17H23F2N3O/c18-14-4-5-15(19)16(10-14)20-17(23)22-9-6-13(12-22)11-21-7-2-1-3-8-21/h4-5,10,13H,1-3,6-9,11-12H2,(H,20,23). The summed E-state index contributed by atoms with van der Waals surface area (Å²) in [5.41, 5.74) is -0.102. The van der Waals surface area contributed by atoms with E-state index >= 15 is 0 Å². The minimum atomic E-state index is -0.621. The van der Waals surface area contributed by atoms with E-state index in [1.807, 2.05) is 0 Å². The minimum absolute atomic E-state index is 0.102. The molecule has 2 saturated heterocycles. The molecule has 0 bridgehead atoms. The predicted octanol–water partition coefficient (Wildman–Crippen LogP) is 3.30. The third kappa shape index (κ3) is 4.19. The summed E-state index contributed by atoms with van der Waals surface area (Å²) in [5.74, 6) is -0.717. The fourth-order valence-electron chi connectivity index (χ4n) is 3.46. The first-order valence-electron chi connectivity index (χ1n) is 8.35. The van der Waals surface area contributed by atoms with Gasteiger partial charge in [0.05, 0.1) is 5.69 Å². The third-order valence-electron chi connectivity index (χ3n) is 4.71. The van der Waals surface area contributed by atoms with Gasteiger partial charge in [-0.15, -0.1) is 0 Å². The maximum absolute atomic E-state index is 13.6. The molecule has 23 heavy (non-hydrogen) atoms. The number of likely N-dealkylation sites (tertiary alicyclic amines) is 2. The number of carbonyl (C=O) groups is 1. The predicted molar refractivity (Wildman–Crippen MR) is 85.3 cm³/mol. The zero-order chi connectivity index (χ0) is 16.2. The maximum Gasteiger partial charge on any atom is 0.321 e. The van der Waals surface area contributed by atoms with Crippen LogP contribution in [-0.2, 0) is 0 Å². The molecule has 1 unspecified atom stereocenters. The summed E-state index contributed by atoms with van der Waals surface area (Å²) >= 11 is 0. The van der Waals surface area contributed by atoms with Crippen LogP contribution >= 0.6 is 0 Å². The van der Waals surface area contributed by atoms with Gasteiger partial charge in [0.15, 0.2) is 0 Å². The van der Waals surface area contributed by atoms with Crippen molar-refractivity contribution in [3.63, 3.8) is 0 Å². The van der Waals surface area contributed by atoms with E-state index in [0.717, 1.165) is 44.3 Å². The van der Waals surface area contributed by atoms with Crippen molar-refractivity contribution in [1.82, 2.24) is 9.80 Å². The van der Waals surface area contributed by atoms with Crippen molar-refractivity contribution >= 4 is 11.7 Å². The number of carbonyl (C=O) groups excluding carboxylic acids is 1. The molecule has 2 aliphatic rings. The van der Waals surface area contributed by atoms with Crippen molar-refractivity contribution in [1.29, 1.82) is 0 Å². The van der Waals surface area contributed by atoms with Crippen LogP contribution in [0, 0.1) is 17.6 Å². The SMILES string of the molecule is O=C(Nc1cc(F)ccc1F)N1CCC(CN2CCCCC2)C1. The number of nitrogens with one attached hydrogen (secondary N) is 1. The fraction of sp³-hybridized carbons (Fsp3) is 0.588. The lowest BCUT2D eigenvalue weighted by atomic mass is 10.1. The second kappa shape index (κ2) is 7.25. The van der Waals surface area contributed by atoms with E-state index in [4.69, 9.17) is 0 Å². The molecule has 1 atom stereocenters. The number of hydrogen-bond acceptors (Lipinski definition) is 2. The molecule has 0 spiro atoms. The van der Waals surface area contributed by atoms with Crippen LogP contribution < -0.4 is 5.32 Å². The first-order valence-corrected chi connectivity index (χ1v) is 8.35. The zero-order valence-electron chi connectivity index (χ0n) is 13.2. The lowest BCUT2D eigenvalue weighted by Gasteiger charge is -2.29. The average Bonchev–Trinajstić information content (AvgIpc) is 3.00. The highest BCUT2D eigenvalue weighted by Gasteiger charge is 2.28. The number of benzene rings is 1. The molecule has 0 aromatic heterocycles. The Bertz CT molecular complexity index is 561. The Morgan fingerprint density at radius 2 is 1.96 bits per heavy atom. The molecule has 1 aromatic rings. The van der Waals surface area contributed by atoms with Gasteiger partial charge in [-0.25, -0.2) is 13.6 Å². The Morgan fingerprint density at radius 3 is 2.74 bits per heavy atom. The van der Waals surface area contributed by atoms with Crippen LogP contribution in [0.4, 0.5) is 19.3 Å². The summed E-state index contributed by atoms with van der Waals surface area (Å²) in [6, 6.07) is 2.72. The van der Waals surface area contributed by atoms with E-state index in [-0.39, 0.29) is 11.7 Å². The van der Waals surface area contributed by atoms with Crippen LogP contribution in [0.15, 0.2) is 18.2 Å². The van der Waals surface area contributed by atoms with E-state index in [9.17, 15) is 13.6 Å². The van der Waals surface area contributed by atoms with Crippen molar-refractivity contribution in [2.45, 2.75) is 25.7 Å². The lowest BCUT2D eigenvalue weighted by Crippen LogP contribution is -2.37. The van der Waals surface area contributed by atoms with Gasteiger partial charge < -0.3 is 15.1 Å². The van der Waals surface area contributed by atoms with Crippen LogP contribution in [0.5, 0.6) is 0 Å². The number of halogens is 2. The molecule has 6 heteroatoms. The van der Waals surface area contributed by atoms with E-state index in [1.165, 1.54) is 19.3 Å². The van der Waals surface area contributed by atoms with E-state index in [1.54, 1.807) is 4.90 Å². The highest BCUT2D eigenvalue weighted by molar-refractivity contribution is 5.89. The number of urea groups is 1. The van der Waals surface area contributed by atoms with Crippen LogP contribution in [0.2, 0.25) is 0 Å². The van der Waals surface area contributed by atoms with Crippen molar-refractivity contribution in [3.05, 3.63) is 29.8 Å². The Kier molecular flexibility index (Phi) is 5.10. The molecule has 1 aromatic carbocycles. The van der Waals surface area contributed by atoms with E-state index < -0.39 is 11.6 Å². The summed E-state index contributed by atoms with van der Waals surface area (Å²) in [6.07, 6.45) is 4.80. The van der Waals surface area contributed by atoms with Gasteiger partial charge in [0.2, 0.25) is 0 Å². The monoisotopic (exact) mass is 323 g/mol. The second-order valence-electron chi connectivity index (χ2n) is 6.52. The number of rotatable bonds is 3. The van der Waals surface area contributed by atoms with Gasteiger partial charge >= 0.3 is 6.03 Å². The minimum Gasteiger partial charge on any atom is -0.324 e. The number of hydrogen-bond donors (Lipinski definition) is 1. The van der Waals surface area contributed by atoms with Gasteiger partial charge in [0.25, 0.3) is 0 Å². The van der Waals surface area contributed by atoms with Gasteiger partial charge in [-0.3, -0.25) is 0 Å². The van der Waals surface area contributed by atoms with Gasteiger partial charge in [-0.2, -0.15) is 0 Å². The number of amides is 2. The molecular weight excluding hydrogens is 300 g/mol. The van der Waals surface area contributed by atoms with Gasteiger partial charge in [-0.1, -0.05) is 6.42 Å². The number of piperidine rings is 1. The normalized spacial score (nSPS) is 22.3. The Hall–Kier alpha value is -1.69. The molecule has 0 aliphatic carbocycles. The van der Waals surface area contributed by atoms with Crippen LogP contribution in [-0.4, -0.2) is 48.6 Å². The molecule has 2 amide bonds. The first kappa shape index (κ1) is 16.2. The maximum atomic E-state index is 13.6. The highest BCUT2D eigenvalue weighted by atomic mass is 19.1. The van der Waals surface area contributed by atoms with Crippen molar-refractivity contribution < 1.29 is 13.6 Å². The van der Waals surface area contributed by atoms with Gasteiger partial charge in [0.1, 0.15) is 11.6 Å². The largest absolute Gasteiger partial charge is 0.324 e. The molecule has 1 N–H and O–H groups in total. The highest BCUT2D eigenvalue weighted by Crippen LogP contribution is 2.22. The molecule has 2 fully saturated rings. The van der Waals surface area contributed by atoms with Crippen molar-refractivity contribution in [2.75, 3.05) is 38.0 Å². The Morgan fingerprint density at radius 1 is 1.17 bits per heavy atom. The van der Waals surface area contributed by atoms with E-state index in [2.05, 4.69) is 10.2 Å². The summed E-state index contributed by atoms with van der Waals surface area (Å²) in [4.78, 5) is 16.4.